The van der Waals surface area contributed by atoms with Crippen molar-refractivity contribution in [3.63, 3.8) is 0 Å². The van der Waals surface area contributed by atoms with Crippen LogP contribution < -0.4 is 0 Å². The highest BCUT2D eigenvalue weighted by Crippen LogP contribution is 2.05. The highest BCUT2D eigenvalue weighted by Gasteiger charge is 1.93. The van der Waals surface area contributed by atoms with Gasteiger partial charge in [0.2, 0.25) is 0 Å². The lowest BCUT2D eigenvalue weighted by atomic mass is 10.2. The van der Waals surface area contributed by atoms with E-state index in [0.29, 0.717) is 0 Å². The van der Waals surface area contributed by atoms with Crippen molar-refractivity contribution in [3.05, 3.63) is 23.6 Å². The van der Waals surface area contributed by atoms with E-state index in [1.807, 2.05) is 19.1 Å². The molecule has 0 N–H and O–H groups in total. The third kappa shape index (κ3) is 2.91. The van der Waals surface area contributed by atoms with Crippen LogP contribution in [-0.4, -0.2) is 5.16 Å². The normalized spacial score (nSPS) is 11.2. The molecule has 0 saturated carbocycles. The second kappa shape index (κ2) is 4.75. The lowest BCUT2D eigenvalue weighted by molar-refractivity contribution is 0.396. The van der Waals surface area contributed by atoms with Crippen LogP contribution >= 0.6 is 0 Å². The van der Waals surface area contributed by atoms with Crippen LogP contribution in [0.3, 0.4) is 0 Å². The van der Waals surface area contributed by atoms with Crippen molar-refractivity contribution < 1.29 is 4.52 Å². The second-order valence-electron chi connectivity index (χ2n) is 2.91. The van der Waals surface area contributed by atoms with Crippen LogP contribution in [0.4, 0.5) is 0 Å². The topological polar surface area (TPSA) is 26.0 Å². The van der Waals surface area contributed by atoms with Crippen LogP contribution in [0.5, 0.6) is 0 Å². The fourth-order valence-corrected chi connectivity index (χ4v) is 0.990. The molecule has 0 aliphatic heterocycles. The molecule has 66 valence electrons. The third-order valence-corrected chi connectivity index (χ3v) is 1.66. The van der Waals surface area contributed by atoms with Crippen LogP contribution in [-0.2, 0) is 0 Å². The summed E-state index contributed by atoms with van der Waals surface area (Å²) in [4.78, 5) is 0. The van der Waals surface area contributed by atoms with Crippen LogP contribution in [0.25, 0.3) is 6.08 Å². The molecular weight excluding hydrogens is 150 g/mol. The highest BCUT2D eigenvalue weighted by atomic mass is 16.5. The predicted octanol–water partition coefficient (Wildman–Crippen LogP) is 3.19. The molecule has 0 aromatic carbocycles. The molecule has 1 aromatic heterocycles. The van der Waals surface area contributed by atoms with Crippen LogP contribution in [0.15, 0.2) is 16.7 Å². The minimum atomic E-state index is 0.866. The van der Waals surface area contributed by atoms with E-state index in [0.717, 1.165) is 17.9 Å². The molecule has 0 aliphatic carbocycles. The van der Waals surface area contributed by atoms with Crippen molar-refractivity contribution in [3.8, 4) is 0 Å². The number of aryl methyl sites for hydroxylation is 1. The number of nitrogens with zero attached hydrogens (tertiary/aromatic N) is 1. The number of rotatable bonds is 4. The van der Waals surface area contributed by atoms with Gasteiger partial charge >= 0.3 is 0 Å². The second-order valence-corrected chi connectivity index (χ2v) is 2.91. The van der Waals surface area contributed by atoms with Crippen molar-refractivity contribution in [2.24, 2.45) is 0 Å². The minimum Gasteiger partial charge on any atom is -0.361 e. The first-order valence-electron chi connectivity index (χ1n) is 4.43. The smallest absolute Gasteiger partial charge is 0.134 e. The van der Waals surface area contributed by atoms with Gasteiger partial charge < -0.3 is 4.52 Å². The molecule has 2 nitrogen and oxygen atoms in total. The van der Waals surface area contributed by atoms with E-state index >= 15 is 0 Å². The van der Waals surface area contributed by atoms with Gasteiger partial charge in [-0.25, -0.2) is 0 Å². The van der Waals surface area contributed by atoms with Gasteiger partial charge in [-0.3, -0.25) is 0 Å². The first-order chi connectivity index (χ1) is 5.83. The molecule has 1 rings (SSSR count). The molecule has 1 aromatic rings. The van der Waals surface area contributed by atoms with Gasteiger partial charge in [0, 0.05) is 6.07 Å². The van der Waals surface area contributed by atoms with E-state index in [1.165, 1.54) is 12.8 Å². The third-order valence-electron chi connectivity index (χ3n) is 1.66. The lowest BCUT2D eigenvalue weighted by Gasteiger charge is -1.85. The maximum absolute atomic E-state index is 4.92. The van der Waals surface area contributed by atoms with E-state index in [4.69, 9.17) is 4.52 Å². The van der Waals surface area contributed by atoms with Gasteiger partial charge in [-0.2, -0.15) is 0 Å². The molecule has 0 saturated heterocycles. The summed E-state index contributed by atoms with van der Waals surface area (Å²) in [6, 6.07) is 1.93. The van der Waals surface area contributed by atoms with Gasteiger partial charge in [-0.05, 0) is 19.4 Å². The van der Waals surface area contributed by atoms with Crippen molar-refractivity contribution >= 4 is 6.08 Å². The largest absolute Gasteiger partial charge is 0.361 e. The van der Waals surface area contributed by atoms with Gasteiger partial charge in [-0.1, -0.05) is 31.0 Å². The van der Waals surface area contributed by atoms with Crippen LogP contribution in [0.2, 0.25) is 0 Å². The summed E-state index contributed by atoms with van der Waals surface area (Å²) in [6.45, 7) is 4.09. The Bertz CT molecular complexity index is 250. The monoisotopic (exact) mass is 165 g/mol. The zero-order valence-electron chi connectivity index (χ0n) is 7.71. The summed E-state index contributed by atoms with van der Waals surface area (Å²) in [5.74, 6) is 0.866. The van der Waals surface area contributed by atoms with Gasteiger partial charge in [0.1, 0.15) is 11.5 Å². The van der Waals surface area contributed by atoms with Crippen molar-refractivity contribution in [1.29, 1.82) is 0 Å². The highest BCUT2D eigenvalue weighted by molar-refractivity contribution is 5.43. The van der Waals surface area contributed by atoms with E-state index < -0.39 is 0 Å². The Morgan fingerprint density at radius 2 is 2.42 bits per heavy atom. The maximum Gasteiger partial charge on any atom is 0.134 e. The molecule has 0 amide bonds. The summed E-state index contributed by atoms with van der Waals surface area (Å²) in [6.07, 6.45) is 7.75. The van der Waals surface area contributed by atoms with Gasteiger partial charge in [0.25, 0.3) is 0 Å². The minimum absolute atomic E-state index is 0.866. The Hall–Kier alpha value is -1.05. The fourth-order valence-electron chi connectivity index (χ4n) is 0.990. The quantitative estimate of drug-likeness (QED) is 0.640. The summed E-state index contributed by atoms with van der Waals surface area (Å²) in [7, 11) is 0. The molecule has 0 unspecified atom stereocenters. The number of allylic oxidation sites excluding steroid dienone is 1. The first kappa shape index (κ1) is 9.04. The van der Waals surface area contributed by atoms with Crippen LogP contribution in [0, 0.1) is 6.92 Å². The van der Waals surface area contributed by atoms with E-state index in [1.54, 1.807) is 0 Å². The molecule has 0 atom stereocenters. The molecule has 12 heavy (non-hydrogen) atoms. The molecular formula is C10H15NO. The lowest BCUT2D eigenvalue weighted by Crippen LogP contribution is -1.69. The Labute approximate surface area is 73.3 Å². The molecule has 1 heterocycles. The summed E-state index contributed by atoms with van der Waals surface area (Å²) < 4.78 is 4.92. The number of hydrogen-bond donors (Lipinski definition) is 0. The average molecular weight is 165 g/mol. The predicted molar refractivity (Wildman–Crippen MR) is 49.8 cm³/mol. The average Bonchev–Trinajstić information content (AvgIpc) is 2.45. The molecule has 0 bridgehead atoms. The van der Waals surface area contributed by atoms with Gasteiger partial charge in [0.05, 0.1) is 0 Å². The Morgan fingerprint density at radius 3 is 3.00 bits per heavy atom. The molecule has 0 fully saturated rings. The van der Waals surface area contributed by atoms with Crippen molar-refractivity contribution in [2.45, 2.75) is 33.1 Å². The maximum atomic E-state index is 4.92. The number of aromatic nitrogens is 1. The van der Waals surface area contributed by atoms with E-state index in [9.17, 15) is 0 Å². The van der Waals surface area contributed by atoms with Crippen molar-refractivity contribution in [1.82, 2.24) is 5.16 Å². The van der Waals surface area contributed by atoms with Gasteiger partial charge in [0.15, 0.2) is 0 Å². The van der Waals surface area contributed by atoms with Gasteiger partial charge in [-0.15, -0.1) is 0 Å². The molecule has 0 aliphatic rings. The number of hydrogen-bond acceptors (Lipinski definition) is 2. The summed E-state index contributed by atoms with van der Waals surface area (Å²) in [5.41, 5.74) is 0.920. The fraction of sp³-hybridized carbons (Fsp3) is 0.500. The Morgan fingerprint density at radius 1 is 1.58 bits per heavy atom. The van der Waals surface area contributed by atoms with E-state index in [2.05, 4.69) is 18.2 Å². The van der Waals surface area contributed by atoms with Crippen LogP contribution in [0.1, 0.15) is 37.6 Å². The van der Waals surface area contributed by atoms with E-state index in [-0.39, 0.29) is 0 Å². The standard InChI is InChI=1S/C10H15NO/c1-3-4-5-6-7-10-8-9(2)12-11-10/h6-8H,3-5H2,1-2H3. The zero-order valence-corrected chi connectivity index (χ0v) is 7.71. The Balaban J connectivity index is 2.36. The summed E-state index contributed by atoms with van der Waals surface area (Å²) in [5, 5.41) is 3.85. The zero-order chi connectivity index (χ0) is 8.81. The SMILES string of the molecule is CCCCC=Cc1cc(C)on1. The molecule has 2 heteroatoms. The number of unbranched alkanes of at least 4 members (excludes halogenated alkanes) is 2. The molecule has 0 radical (unpaired) electrons. The summed E-state index contributed by atoms with van der Waals surface area (Å²) >= 11 is 0. The molecule has 0 spiro atoms. The Kier molecular flexibility index (Phi) is 3.58. The van der Waals surface area contributed by atoms with Crippen molar-refractivity contribution in [2.75, 3.05) is 0 Å². The first-order valence-corrected chi connectivity index (χ1v) is 4.43.